The number of amides is 1. The number of halogens is 1. The first-order chi connectivity index (χ1) is 8.77. The SMILES string of the molecule is Cn1cc(S(N)(=O)=O)c(NC(=O)c2csc(I)c2)n1. The number of carbonyl (C=O) groups excluding carboxylic acids is 1. The number of hydrogen-bond donors (Lipinski definition) is 2. The second kappa shape index (κ2) is 5.19. The second-order valence-corrected chi connectivity index (χ2v) is 7.99. The Kier molecular flexibility index (Phi) is 3.94. The third-order valence-electron chi connectivity index (χ3n) is 2.16. The molecule has 0 aromatic carbocycles. The van der Waals surface area contributed by atoms with E-state index in [0.717, 1.165) is 2.88 Å². The van der Waals surface area contributed by atoms with Crippen LogP contribution in [-0.4, -0.2) is 24.1 Å². The number of anilines is 1. The molecule has 2 aromatic rings. The van der Waals surface area contributed by atoms with E-state index in [9.17, 15) is 13.2 Å². The zero-order valence-corrected chi connectivity index (χ0v) is 13.4. The van der Waals surface area contributed by atoms with Gasteiger partial charge in [-0.2, -0.15) is 5.10 Å². The molecule has 1 amide bonds. The van der Waals surface area contributed by atoms with Crippen LogP contribution in [0.2, 0.25) is 0 Å². The van der Waals surface area contributed by atoms with Crippen LogP contribution < -0.4 is 10.5 Å². The van der Waals surface area contributed by atoms with Gasteiger partial charge < -0.3 is 5.32 Å². The first-order valence-electron chi connectivity index (χ1n) is 4.89. The standard InChI is InChI=1S/C9H9IN4O3S2/c1-14-3-6(19(11,16)17)8(13-14)12-9(15)5-2-7(10)18-4-5/h2-4H,1H3,(H2,11,16,17)(H,12,13,15). The second-order valence-electron chi connectivity index (χ2n) is 3.65. The lowest BCUT2D eigenvalue weighted by atomic mass is 10.3. The Labute approximate surface area is 127 Å². The number of aryl methyl sites for hydroxylation is 1. The highest BCUT2D eigenvalue weighted by Gasteiger charge is 2.20. The molecule has 0 unspecified atom stereocenters. The number of nitrogens with zero attached hydrogens (tertiary/aromatic N) is 2. The number of carbonyl (C=O) groups is 1. The van der Waals surface area contributed by atoms with Gasteiger partial charge in [0.25, 0.3) is 5.91 Å². The molecule has 0 radical (unpaired) electrons. The van der Waals surface area contributed by atoms with Crippen LogP contribution in [-0.2, 0) is 17.1 Å². The van der Waals surface area contributed by atoms with Gasteiger partial charge in [0.15, 0.2) is 5.82 Å². The molecule has 3 N–H and O–H groups in total. The minimum absolute atomic E-state index is 0.0730. The van der Waals surface area contributed by atoms with Crippen molar-refractivity contribution < 1.29 is 13.2 Å². The lowest BCUT2D eigenvalue weighted by molar-refractivity contribution is 0.102. The van der Waals surface area contributed by atoms with Crippen molar-refractivity contribution in [3.05, 3.63) is 26.1 Å². The van der Waals surface area contributed by atoms with Gasteiger partial charge in [-0.25, -0.2) is 13.6 Å². The lowest BCUT2D eigenvalue weighted by Gasteiger charge is -2.01. The van der Waals surface area contributed by atoms with Gasteiger partial charge in [-0.15, -0.1) is 11.3 Å². The summed E-state index contributed by atoms with van der Waals surface area (Å²) in [5.74, 6) is -0.501. The largest absolute Gasteiger partial charge is 0.304 e. The van der Waals surface area contributed by atoms with Crippen molar-refractivity contribution >= 4 is 55.7 Å². The highest BCUT2D eigenvalue weighted by atomic mass is 127. The summed E-state index contributed by atoms with van der Waals surface area (Å²) in [4.78, 5) is 11.7. The zero-order chi connectivity index (χ0) is 14.2. The van der Waals surface area contributed by atoms with E-state index in [2.05, 4.69) is 33.0 Å². The molecule has 0 aliphatic rings. The molecule has 0 saturated carbocycles. The third-order valence-corrected chi connectivity index (χ3v) is 4.86. The summed E-state index contributed by atoms with van der Waals surface area (Å²) in [5.41, 5.74) is 0.445. The van der Waals surface area contributed by atoms with Crippen molar-refractivity contribution in [2.24, 2.45) is 12.2 Å². The number of aromatic nitrogens is 2. The maximum Gasteiger partial charge on any atom is 0.257 e. The summed E-state index contributed by atoms with van der Waals surface area (Å²) in [7, 11) is -2.39. The Bertz CT molecular complexity index is 734. The highest BCUT2D eigenvalue weighted by Crippen LogP contribution is 2.20. The quantitative estimate of drug-likeness (QED) is 0.734. The fourth-order valence-electron chi connectivity index (χ4n) is 1.37. The maximum absolute atomic E-state index is 11.9. The Balaban J connectivity index is 2.32. The average molecular weight is 412 g/mol. The van der Waals surface area contributed by atoms with Crippen LogP contribution in [0.25, 0.3) is 0 Å². The van der Waals surface area contributed by atoms with Crippen LogP contribution >= 0.6 is 33.9 Å². The fraction of sp³-hybridized carbons (Fsp3) is 0.111. The van der Waals surface area contributed by atoms with Gasteiger partial charge in [0.1, 0.15) is 4.90 Å². The predicted molar refractivity (Wildman–Crippen MR) is 79.6 cm³/mol. The van der Waals surface area contributed by atoms with Gasteiger partial charge in [-0.1, -0.05) is 0 Å². The van der Waals surface area contributed by atoms with Crippen LogP contribution in [0.1, 0.15) is 10.4 Å². The van der Waals surface area contributed by atoms with Crippen LogP contribution in [0.5, 0.6) is 0 Å². The third kappa shape index (κ3) is 3.32. The van der Waals surface area contributed by atoms with E-state index in [1.807, 2.05) is 0 Å². The van der Waals surface area contributed by atoms with Crippen molar-refractivity contribution in [2.75, 3.05) is 5.32 Å². The molecular weight excluding hydrogens is 403 g/mol. The van der Waals surface area contributed by atoms with E-state index >= 15 is 0 Å². The van der Waals surface area contributed by atoms with Crippen molar-refractivity contribution in [1.29, 1.82) is 0 Å². The molecule has 0 bridgehead atoms. The number of rotatable bonds is 3. The van der Waals surface area contributed by atoms with Gasteiger partial charge in [-0.05, 0) is 28.7 Å². The Morgan fingerprint density at radius 1 is 1.58 bits per heavy atom. The Morgan fingerprint density at radius 3 is 2.79 bits per heavy atom. The zero-order valence-electron chi connectivity index (χ0n) is 9.62. The van der Waals surface area contributed by atoms with E-state index < -0.39 is 15.9 Å². The summed E-state index contributed by atoms with van der Waals surface area (Å²) >= 11 is 3.51. The molecule has 0 atom stereocenters. The smallest absolute Gasteiger partial charge is 0.257 e. The van der Waals surface area contributed by atoms with Crippen molar-refractivity contribution in [3.8, 4) is 0 Å². The van der Waals surface area contributed by atoms with Crippen molar-refractivity contribution in [3.63, 3.8) is 0 Å². The van der Waals surface area contributed by atoms with Crippen LogP contribution in [0.4, 0.5) is 5.82 Å². The number of nitrogens with two attached hydrogens (primary N) is 1. The first-order valence-corrected chi connectivity index (χ1v) is 8.39. The van der Waals surface area contributed by atoms with Gasteiger partial charge in [0.2, 0.25) is 10.0 Å². The number of primary sulfonamides is 1. The molecule has 2 heterocycles. The molecule has 2 rings (SSSR count). The van der Waals surface area contributed by atoms with Crippen molar-refractivity contribution in [2.45, 2.75) is 4.90 Å². The number of nitrogens with one attached hydrogen (secondary N) is 1. The van der Waals surface area contributed by atoms with Gasteiger partial charge >= 0.3 is 0 Å². The number of thiophene rings is 1. The summed E-state index contributed by atoms with van der Waals surface area (Å²) in [6.45, 7) is 0. The molecule has 0 fully saturated rings. The monoisotopic (exact) mass is 412 g/mol. The van der Waals surface area contributed by atoms with E-state index in [1.165, 1.54) is 29.3 Å². The molecule has 0 aliphatic carbocycles. The molecule has 7 nitrogen and oxygen atoms in total. The van der Waals surface area contributed by atoms with Gasteiger partial charge in [0, 0.05) is 18.6 Å². The van der Waals surface area contributed by atoms with E-state index in [4.69, 9.17) is 5.14 Å². The summed E-state index contributed by atoms with van der Waals surface area (Å²) in [6.07, 6.45) is 1.24. The maximum atomic E-state index is 11.9. The van der Waals surface area contributed by atoms with Crippen molar-refractivity contribution in [1.82, 2.24) is 9.78 Å². The molecule has 2 aromatic heterocycles. The van der Waals surface area contributed by atoms with E-state index in [-0.39, 0.29) is 10.7 Å². The summed E-state index contributed by atoms with van der Waals surface area (Å²) in [5, 5.41) is 13.1. The minimum atomic E-state index is -3.93. The molecule has 102 valence electrons. The minimum Gasteiger partial charge on any atom is -0.304 e. The highest BCUT2D eigenvalue weighted by molar-refractivity contribution is 14.1. The van der Waals surface area contributed by atoms with Crippen LogP contribution in [0, 0.1) is 2.88 Å². The lowest BCUT2D eigenvalue weighted by Crippen LogP contribution is -2.17. The Hall–Kier alpha value is -0.980. The molecule has 19 heavy (non-hydrogen) atoms. The molecule has 10 heteroatoms. The topological polar surface area (TPSA) is 107 Å². The summed E-state index contributed by atoms with van der Waals surface area (Å²) in [6, 6.07) is 1.69. The average Bonchev–Trinajstić information content (AvgIpc) is 2.84. The van der Waals surface area contributed by atoms with E-state index in [1.54, 1.807) is 11.4 Å². The van der Waals surface area contributed by atoms with Gasteiger partial charge in [0.05, 0.1) is 8.45 Å². The van der Waals surface area contributed by atoms with E-state index in [0.29, 0.717) is 5.56 Å². The predicted octanol–water partition coefficient (Wildman–Crippen LogP) is 0.986. The molecule has 0 saturated heterocycles. The Morgan fingerprint density at radius 2 is 2.26 bits per heavy atom. The number of sulfonamides is 1. The summed E-state index contributed by atoms with van der Waals surface area (Å²) < 4.78 is 25.0. The first kappa shape index (κ1) is 14.4. The molecule has 0 spiro atoms. The number of hydrogen-bond acceptors (Lipinski definition) is 5. The normalized spacial score (nSPS) is 11.5. The molecule has 0 aliphatic heterocycles. The van der Waals surface area contributed by atoms with Crippen LogP contribution in [0.15, 0.2) is 22.5 Å². The fourth-order valence-corrected chi connectivity index (χ4v) is 3.36. The molecular formula is C9H9IN4O3S2. The van der Waals surface area contributed by atoms with Gasteiger partial charge in [-0.3, -0.25) is 9.48 Å². The van der Waals surface area contributed by atoms with Crippen LogP contribution in [0.3, 0.4) is 0 Å².